The minimum atomic E-state index is -4.55. The molecule has 1 fully saturated rings. The van der Waals surface area contributed by atoms with Gasteiger partial charge in [-0.05, 0) is 24.5 Å². The highest BCUT2D eigenvalue weighted by atomic mass is 19.4. The van der Waals surface area contributed by atoms with Gasteiger partial charge in [-0.2, -0.15) is 13.2 Å². The Bertz CT molecular complexity index is 806. The molecule has 0 unspecified atom stereocenters. The number of carbonyl (C=O) groups excluding carboxylic acids is 2. The average Bonchev–Trinajstić information content (AvgIpc) is 2.60. The van der Waals surface area contributed by atoms with Crippen molar-refractivity contribution in [2.45, 2.75) is 25.1 Å². The molecule has 7 nitrogen and oxygen atoms in total. The van der Waals surface area contributed by atoms with Crippen molar-refractivity contribution < 1.29 is 27.5 Å². The second kappa shape index (κ2) is 7.34. The average molecular weight is 387 g/mol. The molecule has 1 N–H and O–H groups in total. The molecule has 0 aromatic carbocycles. The smallest absolute Gasteiger partial charge is 0.375 e. The maximum Gasteiger partial charge on any atom is 0.405 e. The predicted molar refractivity (Wildman–Crippen MR) is 88.4 cm³/mol. The van der Waals surface area contributed by atoms with Crippen molar-refractivity contribution in [1.29, 1.82) is 0 Å². The highest BCUT2D eigenvalue weighted by Crippen LogP contribution is 2.35. The van der Waals surface area contributed by atoms with E-state index in [1.54, 1.807) is 16.3 Å². The van der Waals surface area contributed by atoms with E-state index in [0.29, 0.717) is 25.3 Å². The summed E-state index contributed by atoms with van der Waals surface area (Å²) < 4.78 is 43.2. The second-order valence-electron chi connectivity index (χ2n) is 6.92. The first kappa shape index (κ1) is 19.4. The summed E-state index contributed by atoms with van der Waals surface area (Å²) in [4.78, 5) is 38.4. The highest BCUT2D eigenvalue weighted by Gasteiger charge is 2.37. The first-order chi connectivity index (χ1) is 12.7. The number of amides is 2. The molecule has 10 heteroatoms. The number of nitrogens with one attached hydrogen (secondary N) is 1. The van der Waals surface area contributed by atoms with Crippen LogP contribution >= 0.6 is 0 Å². The number of likely N-dealkylation sites (tertiary alicyclic amines) is 1. The van der Waals surface area contributed by atoms with E-state index in [4.69, 9.17) is 4.74 Å². The first-order valence-corrected chi connectivity index (χ1v) is 8.55. The predicted octanol–water partition coefficient (Wildman–Crippen LogP) is 0.732. The van der Waals surface area contributed by atoms with E-state index in [2.05, 4.69) is 0 Å². The quantitative estimate of drug-likeness (QED) is 0.826. The largest absolute Gasteiger partial charge is 0.405 e. The van der Waals surface area contributed by atoms with Gasteiger partial charge in [0.05, 0.1) is 0 Å². The fraction of sp³-hybridized carbons (Fsp3) is 0.588. The van der Waals surface area contributed by atoms with Crippen LogP contribution in [0.5, 0.6) is 0 Å². The number of ether oxygens (including phenoxy) is 1. The lowest BCUT2D eigenvalue weighted by molar-refractivity contribution is -0.137. The van der Waals surface area contributed by atoms with Gasteiger partial charge in [-0.25, -0.2) is 0 Å². The number of hydrogen-bond acceptors (Lipinski definition) is 4. The Kier molecular flexibility index (Phi) is 5.27. The topological polar surface area (TPSA) is 80.6 Å². The van der Waals surface area contributed by atoms with Gasteiger partial charge >= 0.3 is 6.18 Å². The normalized spacial score (nSPS) is 21.6. The zero-order valence-electron chi connectivity index (χ0n) is 14.7. The lowest BCUT2D eigenvalue weighted by Crippen LogP contribution is -2.50. The van der Waals surface area contributed by atoms with E-state index in [9.17, 15) is 27.6 Å². The van der Waals surface area contributed by atoms with Crippen LogP contribution < -0.4 is 10.9 Å². The molecule has 2 amide bonds. The molecule has 0 radical (unpaired) electrons. The summed E-state index contributed by atoms with van der Waals surface area (Å²) >= 11 is 0. The van der Waals surface area contributed by atoms with Gasteiger partial charge in [0.2, 0.25) is 5.91 Å². The number of alkyl halides is 3. The number of carbonyl (C=O) groups is 2. The minimum Gasteiger partial charge on any atom is -0.375 e. The summed E-state index contributed by atoms with van der Waals surface area (Å²) in [6.45, 7) is -0.256. The third-order valence-corrected chi connectivity index (χ3v) is 4.92. The Morgan fingerprint density at radius 2 is 2.00 bits per heavy atom. The molecule has 3 rings (SSSR count). The Hall–Kier alpha value is -2.36. The van der Waals surface area contributed by atoms with Gasteiger partial charge in [-0.15, -0.1) is 0 Å². The van der Waals surface area contributed by atoms with Crippen LogP contribution in [0.15, 0.2) is 16.9 Å². The molecule has 0 spiro atoms. The number of rotatable bonds is 4. The molecule has 2 aliphatic rings. The number of nitrogens with zero attached hydrogens (tertiary/aromatic N) is 2. The maximum atomic E-state index is 12.6. The van der Waals surface area contributed by atoms with Crippen molar-refractivity contribution in [2.24, 2.45) is 5.92 Å². The fourth-order valence-electron chi connectivity index (χ4n) is 3.81. The van der Waals surface area contributed by atoms with E-state index >= 15 is 0 Å². The van der Waals surface area contributed by atoms with Crippen molar-refractivity contribution in [2.75, 3.05) is 33.4 Å². The molecule has 1 saturated heterocycles. The zero-order valence-corrected chi connectivity index (χ0v) is 14.7. The summed E-state index contributed by atoms with van der Waals surface area (Å²) in [5, 5.41) is 1.73. The van der Waals surface area contributed by atoms with Gasteiger partial charge in [0.15, 0.2) is 0 Å². The standard InChI is InChI=1S/C17H20F3N3O4/c1-27-8-14(24)22-5-10-4-11(7-22)13-3-2-12(16(26)23(13)6-10)15(25)21-9-17(18,19)20/h2-3,10-11H,4-9H2,1H3,(H,21,25)/t10-,11+/m0/s1. The van der Waals surface area contributed by atoms with Gasteiger partial charge < -0.3 is 19.5 Å². The third kappa shape index (κ3) is 4.15. The van der Waals surface area contributed by atoms with Crippen molar-refractivity contribution in [3.63, 3.8) is 0 Å². The highest BCUT2D eigenvalue weighted by molar-refractivity contribution is 5.93. The molecule has 2 atom stereocenters. The van der Waals surface area contributed by atoms with Gasteiger partial charge in [-0.3, -0.25) is 14.4 Å². The Morgan fingerprint density at radius 1 is 1.26 bits per heavy atom. The number of halogens is 3. The Labute approximate surface area is 153 Å². The van der Waals surface area contributed by atoms with Gasteiger partial charge in [0.1, 0.15) is 18.7 Å². The molecule has 2 bridgehead atoms. The molecule has 1 aromatic heterocycles. The van der Waals surface area contributed by atoms with Crippen molar-refractivity contribution in [1.82, 2.24) is 14.8 Å². The van der Waals surface area contributed by atoms with Crippen LogP contribution in [-0.4, -0.2) is 60.8 Å². The lowest BCUT2D eigenvalue weighted by atomic mass is 9.83. The van der Waals surface area contributed by atoms with E-state index in [1.807, 2.05) is 0 Å². The summed E-state index contributed by atoms with van der Waals surface area (Å²) in [6.07, 6.45) is -3.73. The molecule has 148 valence electrons. The van der Waals surface area contributed by atoms with E-state index in [0.717, 1.165) is 6.42 Å². The van der Waals surface area contributed by atoms with Crippen LogP contribution in [0.2, 0.25) is 0 Å². The number of aromatic nitrogens is 1. The Balaban J connectivity index is 1.82. The summed E-state index contributed by atoms with van der Waals surface area (Å²) in [5.74, 6) is -1.17. The molecule has 0 saturated carbocycles. The van der Waals surface area contributed by atoms with E-state index in [1.165, 1.54) is 17.7 Å². The fourth-order valence-corrected chi connectivity index (χ4v) is 3.81. The van der Waals surface area contributed by atoms with Gasteiger partial charge in [-0.1, -0.05) is 0 Å². The number of piperidine rings is 1. The summed E-state index contributed by atoms with van der Waals surface area (Å²) in [5.41, 5.74) is -0.215. The number of hydrogen-bond donors (Lipinski definition) is 1. The number of fused-ring (bicyclic) bond motifs is 4. The molecule has 3 heterocycles. The van der Waals surface area contributed by atoms with Gasteiger partial charge in [0.25, 0.3) is 11.5 Å². The van der Waals surface area contributed by atoms with Crippen molar-refractivity contribution >= 4 is 11.8 Å². The zero-order chi connectivity index (χ0) is 19.8. The van der Waals surface area contributed by atoms with Gasteiger partial charge in [0, 0.05) is 38.4 Å². The minimum absolute atomic E-state index is 0.00937. The van der Waals surface area contributed by atoms with Crippen LogP contribution in [0.25, 0.3) is 0 Å². The van der Waals surface area contributed by atoms with Crippen molar-refractivity contribution in [3.05, 3.63) is 33.7 Å². The van der Waals surface area contributed by atoms with Crippen LogP contribution in [-0.2, 0) is 16.1 Å². The van der Waals surface area contributed by atoms with Crippen LogP contribution in [0, 0.1) is 5.92 Å². The molecule has 0 aliphatic carbocycles. The first-order valence-electron chi connectivity index (χ1n) is 8.55. The molecule has 1 aromatic rings. The van der Waals surface area contributed by atoms with E-state index in [-0.39, 0.29) is 29.9 Å². The molecular weight excluding hydrogens is 367 g/mol. The molecule has 2 aliphatic heterocycles. The van der Waals surface area contributed by atoms with Crippen LogP contribution in [0.4, 0.5) is 13.2 Å². The maximum absolute atomic E-state index is 12.6. The van der Waals surface area contributed by atoms with Crippen molar-refractivity contribution in [3.8, 4) is 0 Å². The number of methoxy groups -OCH3 is 1. The Morgan fingerprint density at radius 3 is 2.67 bits per heavy atom. The number of pyridine rings is 1. The molecular formula is C17H20F3N3O4. The SMILES string of the molecule is COCC(=O)N1C[C@@H]2C[C@H](C1)c1ccc(C(=O)NCC(F)(F)F)c(=O)n1C2. The van der Waals surface area contributed by atoms with Crippen LogP contribution in [0.3, 0.4) is 0 Å². The third-order valence-electron chi connectivity index (χ3n) is 4.92. The second-order valence-corrected chi connectivity index (χ2v) is 6.92. The summed E-state index contributed by atoms with van der Waals surface area (Å²) in [7, 11) is 1.45. The van der Waals surface area contributed by atoms with E-state index < -0.39 is 24.2 Å². The lowest BCUT2D eigenvalue weighted by Gasteiger charge is -2.42. The monoisotopic (exact) mass is 387 g/mol. The summed E-state index contributed by atoms with van der Waals surface area (Å²) in [6, 6.07) is 2.85. The molecule has 27 heavy (non-hydrogen) atoms. The van der Waals surface area contributed by atoms with Crippen LogP contribution in [0.1, 0.15) is 28.4 Å².